The molecular weight excluding hydrogens is 388 g/mol. The molecule has 0 aromatic heterocycles. The zero-order chi connectivity index (χ0) is 21.5. The van der Waals surface area contributed by atoms with Crippen LogP contribution < -0.4 is 10.6 Å². The smallest absolute Gasteiger partial charge is 0.316 e. The minimum Gasteiger partial charge on any atom is -0.468 e. The molecule has 0 saturated heterocycles. The van der Waals surface area contributed by atoms with Gasteiger partial charge < -0.3 is 15.4 Å². The van der Waals surface area contributed by atoms with Crippen molar-refractivity contribution in [1.29, 1.82) is 0 Å². The van der Waals surface area contributed by atoms with E-state index in [2.05, 4.69) is 34.9 Å². The van der Waals surface area contributed by atoms with Crippen LogP contribution in [0.4, 0.5) is 11.4 Å². The van der Waals surface area contributed by atoms with Crippen molar-refractivity contribution in [1.82, 2.24) is 0 Å². The molecule has 1 aliphatic carbocycles. The van der Waals surface area contributed by atoms with Crippen molar-refractivity contribution in [2.45, 2.75) is 19.4 Å². The Hall–Kier alpha value is -3.60. The number of allylic oxidation sites excluding steroid dienone is 1. The predicted octanol–water partition coefficient (Wildman–Crippen LogP) is 5.07. The van der Waals surface area contributed by atoms with Crippen molar-refractivity contribution in [3.05, 3.63) is 83.6 Å². The molecule has 5 heteroatoms. The van der Waals surface area contributed by atoms with Crippen molar-refractivity contribution in [2.75, 3.05) is 17.7 Å². The monoisotopic (exact) mass is 412 g/mol. The highest BCUT2D eigenvalue weighted by atomic mass is 16.5. The number of esters is 1. The van der Waals surface area contributed by atoms with E-state index in [4.69, 9.17) is 4.74 Å². The lowest BCUT2D eigenvalue weighted by molar-refractivity contribution is -0.151. The van der Waals surface area contributed by atoms with E-state index in [1.165, 1.54) is 7.11 Å². The van der Waals surface area contributed by atoms with Crippen LogP contribution in [0.2, 0.25) is 0 Å². The minimum absolute atomic E-state index is 0.148. The first-order chi connectivity index (χ1) is 15.1. The van der Waals surface area contributed by atoms with E-state index >= 15 is 0 Å². The van der Waals surface area contributed by atoms with Gasteiger partial charge in [-0.2, -0.15) is 0 Å². The number of benzene rings is 3. The molecule has 0 fully saturated rings. The summed E-state index contributed by atoms with van der Waals surface area (Å²) in [6, 6.07) is 21.9. The van der Waals surface area contributed by atoms with Crippen LogP contribution in [0.15, 0.2) is 78.0 Å². The molecule has 156 valence electrons. The largest absolute Gasteiger partial charge is 0.468 e. The molecule has 3 aromatic rings. The average Bonchev–Trinajstić information content (AvgIpc) is 2.95. The van der Waals surface area contributed by atoms with E-state index in [1.54, 1.807) is 0 Å². The van der Waals surface area contributed by atoms with E-state index in [0.29, 0.717) is 12.0 Å². The van der Waals surface area contributed by atoms with Gasteiger partial charge in [0.2, 0.25) is 0 Å². The number of Topliss-reactive ketones (excluding diaryl/α,β-unsaturated/α-hetero) is 1. The molecule has 0 amide bonds. The van der Waals surface area contributed by atoms with Gasteiger partial charge in [0.1, 0.15) is 5.92 Å². The quantitative estimate of drug-likeness (QED) is 0.454. The van der Waals surface area contributed by atoms with Crippen molar-refractivity contribution >= 4 is 33.9 Å². The van der Waals surface area contributed by atoms with Gasteiger partial charge in [0.15, 0.2) is 5.78 Å². The lowest BCUT2D eigenvalue weighted by Crippen LogP contribution is -2.39. The Kier molecular flexibility index (Phi) is 4.74. The van der Waals surface area contributed by atoms with Crippen LogP contribution in [0, 0.1) is 11.8 Å². The Morgan fingerprint density at radius 2 is 1.68 bits per heavy atom. The molecule has 1 heterocycles. The summed E-state index contributed by atoms with van der Waals surface area (Å²) in [7, 11) is 1.34. The van der Waals surface area contributed by atoms with Gasteiger partial charge in [0, 0.05) is 11.3 Å². The molecule has 3 atom stereocenters. The van der Waals surface area contributed by atoms with Crippen molar-refractivity contribution in [3.63, 3.8) is 0 Å². The molecule has 0 bridgehead atoms. The number of ether oxygens (including phenoxy) is 1. The molecule has 0 spiro atoms. The van der Waals surface area contributed by atoms with E-state index in [9.17, 15) is 9.59 Å². The van der Waals surface area contributed by atoms with Crippen LogP contribution in [0.1, 0.15) is 24.9 Å². The van der Waals surface area contributed by atoms with E-state index in [-0.39, 0.29) is 17.7 Å². The van der Waals surface area contributed by atoms with Gasteiger partial charge in [-0.3, -0.25) is 9.59 Å². The molecule has 1 aliphatic heterocycles. The molecule has 31 heavy (non-hydrogen) atoms. The number of carbonyl (C=O) groups excluding carboxylic acids is 2. The number of anilines is 2. The summed E-state index contributed by atoms with van der Waals surface area (Å²) in [6.45, 7) is 1.93. The number of methoxy groups -OCH3 is 1. The van der Waals surface area contributed by atoms with E-state index < -0.39 is 11.9 Å². The van der Waals surface area contributed by atoms with Gasteiger partial charge in [-0.15, -0.1) is 0 Å². The molecule has 0 radical (unpaired) electrons. The Morgan fingerprint density at radius 3 is 2.48 bits per heavy atom. The predicted molar refractivity (Wildman–Crippen MR) is 122 cm³/mol. The first-order valence-electron chi connectivity index (χ1n) is 10.5. The number of fused-ring (bicyclic) bond motifs is 2. The van der Waals surface area contributed by atoms with Crippen LogP contribution in [-0.4, -0.2) is 18.9 Å². The van der Waals surface area contributed by atoms with Crippen LogP contribution in [0.3, 0.4) is 0 Å². The summed E-state index contributed by atoms with van der Waals surface area (Å²) < 4.78 is 4.99. The lowest BCUT2D eigenvalue weighted by atomic mass is 9.74. The molecular formula is C26H24N2O3. The van der Waals surface area contributed by atoms with Gasteiger partial charge >= 0.3 is 5.97 Å². The maximum absolute atomic E-state index is 13.8. The third-order valence-electron chi connectivity index (χ3n) is 6.36. The molecule has 0 unspecified atom stereocenters. The number of nitrogens with one attached hydrogen (secondary N) is 2. The molecule has 0 saturated carbocycles. The van der Waals surface area contributed by atoms with Crippen LogP contribution in [-0.2, 0) is 14.3 Å². The molecule has 5 nitrogen and oxygen atoms in total. The molecule has 5 rings (SSSR count). The van der Waals surface area contributed by atoms with Gasteiger partial charge in [0.05, 0.1) is 24.5 Å². The summed E-state index contributed by atoms with van der Waals surface area (Å²) in [5.41, 5.74) is 4.34. The Balaban J connectivity index is 1.74. The second-order valence-corrected chi connectivity index (χ2v) is 8.26. The Morgan fingerprint density at radius 1 is 0.968 bits per heavy atom. The molecule has 2 aliphatic rings. The third-order valence-corrected chi connectivity index (χ3v) is 6.36. The zero-order valence-electron chi connectivity index (χ0n) is 17.5. The van der Waals surface area contributed by atoms with E-state index in [0.717, 1.165) is 33.4 Å². The van der Waals surface area contributed by atoms with Crippen LogP contribution >= 0.6 is 0 Å². The number of ketones is 1. The normalized spacial score (nSPS) is 22.6. The fourth-order valence-corrected chi connectivity index (χ4v) is 4.87. The average molecular weight is 412 g/mol. The topological polar surface area (TPSA) is 67.4 Å². The number of para-hydroxylation sites is 2. The zero-order valence-corrected chi connectivity index (χ0v) is 17.5. The Bertz CT molecular complexity index is 1220. The van der Waals surface area contributed by atoms with Gasteiger partial charge in [0.25, 0.3) is 0 Å². The summed E-state index contributed by atoms with van der Waals surface area (Å²) in [5.74, 6) is -1.59. The summed E-state index contributed by atoms with van der Waals surface area (Å²) in [5, 5.41) is 9.27. The fourth-order valence-electron chi connectivity index (χ4n) is 4.87. The minimum atomic E-state index is -0.800. The third kappa shape index (κ3) is 3.17. The molecule has 2 N–H and O–H groups in total. The fraction of sp³-hybridized carbons (Fsp3) is 0.231. The van der Waals surface area contributed by atoms with Crippen LogP contribution in [0.5, 0.6) is 0 Å². The summed E-state index contributed by atoms with van der Waals surface area (Å²) in [4.78, 5) is 26.3. The highest BCUT2D eigenvalue weighted by Crippen LogP contribution is 2.44. The summed E-state index contributed by atoms with van der Waals surface area (Å²) in [6.07, 6.45) is 0.595. The second kappa shape index (κ2) is 7.58. The number of rotatable bonds is 2. The van der Waals surface area contributed by atoms with Gasteiger partial charge in [-0.25, -0.2) is 0 Å². The number of hydrogen-bond donors (Lipinski definition) is 2. The van der Waals surface area contributed by atoms with Gasteiger partial charge in [-0.05, 0) is 40.8 Å². The number of carbonyl (C=O) groups is 2. The van der Waals surface area contributed by atoms with Crippen molar-refractivity contribution < 1.29 is 14.3 Å². The summed E-state index contributed by atoms with van der Waals surface area (Å²) >= 11 is 0. The SMILES string of the molecule is COC(=O)[C@H]1C(=O)C2=C(C[C@@H]1C)Nc1ccccc1N[C@H]2c1cccc2ccccc12. The Labute approximate surface area is 181 Å². The maximum Gasteiger partial charge on any atom is 0.316 e. The lowest BCUT2D eigenvalue weighted by Gasteiger charge is -2.32. The van der Waals surface area contributed by atoms with Crippen molar-refractivity contribution in [2.24, 2.45) is 11.8 Å². The van der Waals surface area contributed by atoms with Crippen LogP contribution in [0.25, 0.3) is 10.8 Å². The standard InChI is InChI=1S/C26H24N2O3/c1-15-14-21-23(25(29)22(15)26(30)31-2)24(28-20-13-6-5-12-19(20)27-21)18-11-7-9-16-8-3-4-10-17(16)18/h3-13,15,22,24,27-28H,14H2,1-2H3/t15-,22+,24-/m0/s1. The molecule has 3 aromatic carbocycles. The number of hydrogen-bond acceptors (Lipinski definition) is 5. The van der Waals surface area contributed by atoms with E-state index in [1.807, 2.05) is 49.4 Å². The maximum atomic E-state index is 13.8. The van der Waals surface area contributed by atoms with Gasteiger partial charge in [-0.1, -0.05) is 61.5 Å². The first-order valence-corrected chi connectivity index (χ1v) is 10.5. The van der Waals surface area contributed by atoms with Crippen molar-refractivity contribution in [3.8, 4) is 0 Å². The highest BCUT2D eigenvalue weighted by molar-refractivity contribution is 6.12. The highest BCUT2D eigenvalue weighted by Gasteiger charge is 2.44. The first kappa shape index (κ1) is 19.4. The second-order valence-electron chi connectivity index (χ2n) is 8.26.